The maximum Gasteiger partial charge on any atom is 0.0992 e. The average Bonchev–Trinajstić information content (AvgIpc) is 3.60. The molecule has 8 aromatic rings. The third kappa shape index (κ3) is 3.68. The SMILES string of the molecule is N#Cc1cccc(-n2c3ccccc3c3cc(C4C=c5c(n(-c6ccc7ccccc7c6)c6ccccc56)=CC4)ccc32)c1. The van der Waals surface area contributed by atoms with Crippen molar-refractivity contribution in [3.8, 4) is 17.4 Å². The summed E-state index contributed by atoms with van der Waals surface area (Å²) in [5, 5.41) is 18.4. The molecule has 0 bridgehead atoms. The Kier molecular flexibility index (Phi) is 5.39. The Morgan fingerprint density at radius 1 is 0.568 bits per heavy atom. The van der Waals surface area contributed by atoms with Crippen LogP contribution in [-0.4, -0.2) is 9.13 Å². The standard InChI is InChI=1S/C41H27N3/c42-26-27-8-7-11-32(22-27)43-38-14-5-3-12-34(38)36-24-30(17-20-40(36)43)31-18-21-41-37(25-31)35-13-4-6-15-39(35)44(41)33-19-16-28-9-1-2-10-29(28)23-33/h1-17,19-25,31H,18H2. The second kappa shape index (κ2) is 9.59. The van der Waals surface area contributed by atoms with Gasteiger partial charge in [0.25, 0.3) is 0 Å². The molecule has 9 rings (SSSR count). The number of nitriles is 1. The highest BCUT2D eigenvalue weighted by Gasteiger charge is 2.19. The Morgan fingerprint density at radius 2 is 1.30 bits per heavy atom. The summed E-state index contributed by atoms with van der Waals surface area (Å²) in [7, 11) is 0. The van der Waals surface area contributed by atoms with E-state index in [9.17, 15) is 5.26 Å². The van der Waals surface area contributed by atoms with Crippen molar-refractivity contribution in [2.24, 2.45) is 0 Å². The molecule has 1 aliphatic rings. The Labute approximate surface area is 254 Å². The van der Waals surface area contributed by atoms with Crippen molar-refractivity contribution >= 4 is 55.6 Å². The fourth-order valence-electron chi connectivity index (χ4n) is 7.21. The number of benzene rings is 6. The van der Waals surface area contributed by atoms with Gasteiger partial charge in [0, 0.05) is 44.0 Å². The highest BCUT2D eigenvalue weighted by molar-refractivity contribution is 6.09. The molecule has 1 aliphatic carbocycles. The van der Waals surface area contributed by atoms with Gasteiger partial charge in [0.1, 0.15) is 0 Å². The minimum atomic E-state index is 0.270. The zero-order valence-corrected chi connectivity index (χ0v) is 24.0. The van der Waals surface area contributed by atoms with Crippen LogP contribution in [-0.2, 0) is 0 Å². The molecule has 3 nitrogen and oxygen atoms in total. The van der Waals surface area contributed by atoms with Crippen LogP contribution >= 0.6 is 0 Å². The normalized spacial score (nSPS) is 14.4. The Bertz CT molecular complexity index is 2610. The topological polar surface area (TPSA) is 33.6 Å². The first-order chi connectivity index (χ1) is 21.8. The monoisotopic (exact) mass is 561 g/mol. The molecule has 0 N–H and O–H groups in total. The third-order valence-corrected chi connectivity index (χ3v) is 9.23. The highest BCUT2D eigenvalue weighted by Crippen LogP contribution is 2.35. The molecule has 0 spiro atoms. The number of aromatic nitrogens is 2. The Morgan fingerprint density at radius 3 is 2.16 bits per heavy atom. The van der Waals surface area contributed by atoms with Gasteiger partial charge in [-0.05, 0) is 77.4 Å². The lowest BCUT2D eigenvalue weighted by molar-refractivity contribution is 0.909. The Balaban J connectivity index is 1.22. The van der Waals surface area contributed by atoms with Crippen LogP contribution < -0.4 is 10.6 Å². The van der Waals surface area contributed by atoms with Gasteiger partial charge >= 0.3 is 0 Å². The fourth-order valence-corrected chi connectivity index (χ4v) is 7.21. The smallest absolute Gasteiger partial charge is 0.0992 e. The van der Waals surface area contributed by atoms with Crippen LogP contribution in [0.25, 0.3) is 67.0 Å². The number of hydrogen-bond donors (Lipinski definition) is 0. The molecule has 1 unspecified atom stereocenters. The van der Waals surface area contributed by atoms with Crippen LogP contribution in [0, 0.1) is 11.3 Å². The van der Waals surface area contributed by atoms with Crippen molar-refractivity contribution in [3.05, 3.63) is 155 Å². The number of fused-ring (bicyclic) bond motifs is 7. The van der Waals surface area contributed by atoms with Gasteiger partial charge in [0.15, 0.2) is 0 Å². The number of hydrogen-bond acceptors (Lipinski definition) is 1. The molecular formula is C41H27N3. The predicted octanol–water partition coefficient (Wildman–Crippen LogP) is 8.50. The molecule has 44 heavy (non-hydrogen) atoms. The van der Waals surface area contributed by atoms with Gasteiger partial charge in [-0.25, -0.2) is 0 Å². The molecule has 0 radical (unpaired) electrons. The zero-order chi connectivity index (χ0) is 29.2. The van der Waals surface area contributed by atoms with Crippen LogP contribution in [0.2, 0.25) is 0 Å². The minimum absolute atomic E-state index is 0.270. The van der Waals surface area contributed by atoms with Crippen molar-refractivity contribution in [3.63, 3.8) is 0 Å². The molecule has 0 fully saturated rings. The van der Waals surface area contributed by atoms with Gasteiger partial charge < -0.3 is 9.13 Å². The molecule has 1 atom stereocenters. The molecule has 3 heteroatoms. The molecule has 0 aliphatic heterocycles. The fraction of sp³-hybridized carbons (Fsp3) is 0.0488. The van der Waals surface area contributed by atoms with E-state index in [1.165, 1.54) is 54.3 Å². The number of nitrogens with zero attached hydrogens (tertiary/aromatic N) is 3. The van der Waals surface area contributed by atoms with Gasteiger partial charge in [-0.3, -0.25) is 0 Å². The summed E-state index contributed by atoms with van der Waals surface area (Å²) in [6.45, 7) is 0. The quantitative estimate of drug-likeness (QED) is 0.213. The average molecular weight is 562 g/mol. The summed E-state index contributed by atoms with van der Waals surface area (Å²) >= 11 is 0. The maximum absolute atomic E-state index is 9.54. The van der Waals surface area contributed by atoms with Crippen molar-refractivity contribution < 1.29 is 0 Å². The zero-order valence-electron chi connectivity index (χ0n) is 24.0. The number of rotatable bonds is 3. The van der Waals surface area contributed by atoms with Crippen LogP contribution in [0.4, 0.5) is 0 Å². The van der Waals surface area contributed by atoms with Gasteiger partial charge in [-0.2, -0.15) is 5.26 Å². The van der Waals surface area contributed by atoms with Gasteiger partial charge in [0.05, 0.1) is 28.2 Å². The number of para-hydroxylation sites is 2. The van der Waals surface area contributed by atoms with E-state index in [1.54, 1.807) is 0 Å². The van der Waals surface area contributed by atoms with E-state index in [1.807, 2.05) is 18.2 Å². The molecule has 0 amide bonds. The Hall–Kier alpha value is -5.85. The summed E-state index contributed by atoms with van der Waals surface area (Å²) in [5.41, 5.74) is 7.71. The third-order valence-electron chi connectivity index (χ3n) is 9.23. The summed E-state index contributed by atoms with van der Waals surface area (Å²) in [6.07, 6.45) is 5.84. The van der Waals surface area contributed by atoms with E-state index in [4.69, 9.17) is 0 Å². The lowest BCUT2D eigenvalue weighted by atomic mass is 9.90. The first kappa shape index (κ1) is 24.7. The van der Waals surface area contributed by atoms with E-state index in [-0.39, 0.29) is 5.92 Å². The van der Waals surface area contributed by atoms with Crippen LogP contribution in [0.5, 0.6) is 0 Å². The molecule has 2 heterocycles. The van der Waals surface area contributed by atoms with Crippen molar-refractivity contribution in [2.45, 2.75) is 12.3 Å². The second-order valence-corrected chi connectivity index (χ2v) is 11.7. The molecule has 6 aromatic carbocycles. The first-order valence-corrected chi connectivity index (χ1v) is 15.1. The summed E-state index contributed by atoms with van der Waals surface area (Å²) in [5.74, 6) is 0.270. The van der Waals surface area contributed by atoms with Gasteiger partial charge in [-0.15, -0.1) is 0 Å². The molecule has 0 saturated carbocycles. The van der Waals surface area contributed by atoms with Crippen LogP contribution in [0.1, 0.15) is 23.5 Å². The lowest BCUT2D eigenvalue weighted by Gasteiger charge is -2.15. The van der Waals surface area contributed by atoms with E-state index in [0.717, 1.165) is 23.1 Å². The summed E-state index contributed by atoms with van der Waals surface area (Å²) in [6, 6.07) is 49.8. The molecular weight excluding hydrogens is 534 g/mol. The van der Waals surface area contributed by atoms with Crippen molar-refractivity contribution in [2.75, 3.05) is 0 Å². The van der Waals surface area contributed by atoms with Crippen molar-refractivity contribution in [1.82, 2.24) is 9.13 Å². The largest absolute Gasteiger partial charge is 0.310 e. The first-order valence-electron chi connectivity index (χ1n) is 15.1. The summed E-state index contributed by atoms with van der Waals surface area (Å²) in [4.78, 5) is 0. The molecule has 2 aromatic heterocycles. The van der Waals surface area contributed by atoms with Gasteiger partial charge in [0.2, 0.25) is 0 Å². The van der Waals surface area contributed by atoms with Crippen molar-refractivity contribution in [1.29, 1.82) is 5.26 Å². The molecule has 206 valence electrons. The van der Waals surface area contributed by atoms with E-state index < -0.39 is 0 Å². The van der Waals surface area contributed by atoms with Gasteiger partial charge in [-0.1, -0.05) is 91.0 Å². The van der Waals surface area contributed by atoms with Crippen LogP contribution in [0.3, 0.4) is 0 Å². The van der Waals surface area contributed by atoms with E-state index >= 15 is 0 Å². The minimum Gasteiger partial charge on any atom is -0.310 e. The van der Waals surface area contributed by atoms with E-state index in [0.29, 0.717) is 5.56 Å². The van der Waals surface area contributed by atoms with Crippen LogP contribution in [0.15, 0.2) is 133 Å². The molecule has 0 saturated heterocycles. The van der Waals surface area contributed by atoms with E-state index in [2.05, 4.69) is 143 Å². The highest BCUT2D eigenvalue weighted by atomic mass is 15.0. The summed E-state index contributed by atoms with van der Waals surface area (Å²) < 4.78 is 4.71. The predicted molar refractivity (Wildman–Crippen MR) is 182 cm³/mol. The maximum atomic E-state index is 9.54. The second-order valence-electron chi connectivity index (χ2n) is 11.7. The lowest BCUT2D eigenvalue weighted by Crippen LogP contribution is -2.31.